The van der Waals surface area contributed by atoms with Gasteiger partial charge in [-0.05, 0) is 39.0 Å². The van der Waals surface area contributed by atoms with E-state index in [1.807, 2.05) is 0 Å². The van der Waals surface area contributed by atoms with Crippen LogP contribution in [0.1, 0.15) is 58.7 Å². The Morgan fingerprint density at radius 1 is 1.31 bits per heavy atom. The molecule has 1 aromatic rings. The topological polar surface area (TPSA) is 76.4 Å². The van der Waals surface area contributed by atoms with Crippen LogP contribution in [-0.4, -0.2) is 53.1 Å². The minimum Gasteiger partial charge on any atom is -0.378 e. The molecule has 148 valence electrons. The van der Waals surface area contributed by atoms with Gasteiger partial charge in [0, 0.05) is 39.2 Å². The van der Waals surface area contributed by atoms with Crippen molar-refractivity contribution in [3.63, 3.8) is 0 Å². The van der Waals surface area contributed by atoms with Gasteiger partial charge in [-0.2, -0.15) is 0 Å². The third-order valence-electron chi connectivity index (χ3n) is 4.99. The van der Waals surface area contributed by atoms with Gasteiger partial charge < -0.3 is 19.9 Å². The molecule has 0 aliphatic heterocycles. The van der Waals surface area contributed by atoms with Gasteiger partial charge in [0.25, 0.3) is 0 Å². The number of guanidine groups is 1. The molecule has 7 heteroatoms. The van der Waals surface area contributed by atoms with Gasteiger partial charge in [0.05, 0.1) is 6.10 Å². The Hall–Kier alpha value is -1.63. The second-order valence-electron chi connectivity index (χ2n) is 6.81. The second kappa shape index (κ2) is 11.9. The molecule has 1 aromatic heterocycles. The zero-order valence-electron chi connectivity index (χ0n) is 16.7. The molecule has 2 rings (SSSR count). The second-order valence-corrected chi connectivity index (χ2v) is 6.81. The minimum atomic E-state index is 0.360. The highest BCUT2D eigenvalue weighted by atomic mass is 16.5. The van der Waals surface area contributed by atoms with E-state index < -0.39 is 0 Å². The van der Waals surface area contributed by atoms with E-state index in [4.69, 9.17) is 9.73 Å². The van der Waals surface area contributed by atoms with Crippen LogP contribution >= 0.6 is 0 Å². The van der Waals surface area contributed by atoms with Crippen molar-refractivity contribution in [3.05, 3.63) is 12.2 Å². The first-order chi connectivity index (χ1) is 12.8. The summed E-state index contributed by atoms with van der Waals surface area (Å²) in [5.74, 6) is 2.62. The summed E-state index contributed by atoms with van der Waals surface area (Å²) in [7, 11) is 0. The van der Waals surface area contributed by atoms with E-state index in [-0.39, 0.29) is 0 Å². The van der Waals surface area contributed by atoms with Gasteiger partial charge in [0.1, 0.15) is 12.2 Å². The monoisotopic (exact) mass is 364 g/mol. The van der Waals surface area contributed by atoms with E-state index in [1.54, 1.807) is 6.33 Å². The number of rotatable bonds is 11. The molecule has 0 radical (unpaired) electrons. The Labute approximate surface area is 158 Å². The van der Waals surface area contributed by atoms with Crippen molar-refractivity contribution in [2.45, 2.75) is 71.9 Å². The average Bonchev–Trinajstić information content (AvgIpc) is 3.32. The summed E-state index contributed by atoms with van der Waals surface area (Å²) < 4.78 is 8.08. The number of aromatic nitrogens is 3. The lowest BCUT2D eigenvalue weighted by Crippen LogP contribution is -2.39. The summed E-state index contributed by atoms with van der Waals surface area (Å²) in [5, 5.41) is 14.8. The molecule has 1 saturated carbocycles. The molecule has 0 spiro atoms. The maximum atomic E-state index is 6.00. The first kappa shape index (κ1) is 20.7. The van der Waals surface area contributed by atoms with Gasteiger partial charge in [-0.25, -0.2) is 0 Å². The lowest BCUT2D eigenvalue weighted by atomic mass is 9.98. The highest BCUT2D eigenvalue weighted by Crippen LogP contribution is 2.30. The van der Waals surface area contributed by atoms with E-state index >= 15 is 0 Å². The molecular formula is C19H36N6O. The molecule has 1 fully saturated rings. The van der Waals surface area contributed by atoms with E-state index in [2.05, 4.69) is 46.2 Å². The van der Waals surface area contributed by atoms with Crippen LogP contribution in [0.5, 0.6) is 0 Å². The maximum Gasteiger partial charge on any atom is 0.191 e. The van der Waals surface area contributed by atoms with Crippen LogP contribution in [-0.2, 0) is 17.7 Å². The lowest BCUT2D eigenvalue weighted by Gasteiger charge is -2.22. The van der Waals surface area contributed by atoms with E-state index in [1.165, 1.54) is 25.7 Å². The number of aryl methyl sites for hydroxylation is 1. The number of aliphatic imine (C=N–C) groups is 1. The van der Waals surface area contributed by atoms with Gasteiger partial charge >= 0.3 is 0 Å². The van der Waals surface area contributed by atoms with Gasteiger partial charge in [0.15, 0.2) is 5.96 Å². The fraction of sp³-hybridized carbons (Fsp3) is 0.842. The number of nitrogens with one attached hydrogen (secondary N) is 2. The molecule has 1 unspecified atom stereocenters. The summed E-state index contributed by atoms with van der Waals surface area (Å²) in [6.45, 7) is 10.4. The Morgan fingerprint density at radius 2 is 2.12 bits per heavy atom. The first-order valence-corrected chi connectivity index (χ1v) is 10.3. The highest BCUT2D eigenvalue weighted by Gasteiger charge is 2.24. The molecule has 7 nitrogen and oxygen atoms in total. The van der Waals surface area contributed by atoms with Gasteiger partial charge in [-0.1, -0.05) is 19.8 Å². The van der Waals surface area contributed by atoms with Crippen LogP contribution < -0.4 is 10.6 Å². The van der Waals surface area contributed by atoms with Crippen molar-refractivity contribution < 1.29 is 4.74 Å². The fourth-order valence-electron chi connectivity index (χ4n) is 3.68. The normalized spacial score (nSPS) is 16.8. The predicted molar refractivity (Wildman–Crippen MR) is 105 cm³/mol. The van der Waals surface area contributed by atoms with Crippen LogP contribution in [0.4, 0.5) is 0 Å². The third kappa shape index (κ3) is 6.59. The predicted octanol–water partition coefficient (Wildman–Crippen LogP) is 2.38. The number of nitrogens with zero attached hydrogens (tertiary/aromatic N) is 4. The average molecular weight is 365 g/mol. The third-order valence-corrected chi connectivity index (χ3v) is 4.99. The van der Waals surface area contributed by atoms with Crippen molar-refractivity contribution in [1.29, 1.82) is 0 Å². The van der Waals surface area contributed by atoms with Crippen molar-refractivity contribution >= 4 is 5.96 Å². The molecule has 26 heavy (non-hydrogen) atoms. The molecule has 1 heterocycles. The summed E-state index contributed by atoms with van der Waals surface area (Å²) in [5.41, 5.74) is 0. The van der Waals surface area contributed by atoms with Crippen LogP contribution in [0.25, 0.3) is 0 Å². The maximum absolute atomic E-state index is 6.00. The molecule has 2 N–H and O–H groups in total. The van der Waals surface area contributed by atoms with Crippen LogP contribution in [0, 0.1) is 5.92 Å². The summed E-state index contributed by atoms with van der Waals surface area (Å²) in [6, 6.07) is 0. The summed E-state index contributed by atoms with van der Waals surface area (Å²) in [4.78, 5) is 4.74. The lowest BCUT2D eigenvalue weighted by molar-refractivity contribution is 0.0177. The molecule has 1 aliphatic carbocycles. The molecular weight excluding hydrogens is 328 g/mol. The van der Waals surface area contributed by atoms with Crippen LogP contribution in [0.15, 0.2) is 11.3 Å². The van der Waals surface area contributed by atoms with E-state index in [0.29, 0.717) is 6.10 Å². The molecule has 0 bridgehead atoms. The van der Waals surface area contributed by atoms with E-state index in [0.717, 1.165) is 63.3 Å². The Bertz CT molecular complexity index is 524. The van der Waals surface area contributed by atoms with Crippen LogP contribution in [0.3, 0.4) is 0 Å². The Morgan fingerprint density at radius 3 is 2.81 bits per heavy atom. The summed E-state index contributed by atoms with van der Waals surface area (Å²) in [6.07, 6.45) is 9.37. The van der Waals surface area contributed by atoms with E-state index in [9.17, 15) is 0 Å². The highest BCUT2D eigenvalue weighted by molar-refractivity contribution is 5.79. The largest absolute Gasteiger partial charge is 0.378 e. The van der Waals surface area contributed by atoms with Gasteiger partial charge in [-0.15, -0.1) is 10.2 Å². The Balaban J connectivity index is 1.79. The summed E-state index contributed by atoms with van der Waals surface area (Å²) >= 11 is 0. The first-order valence-electron chi connectivity index (χ1n) is 10.3. The number of ether oxygens (including phenoxy) is 1. The standard InChI is InChI=1S/C19H36N6O/c1-4-18-24-23-15-25(18)14-13-22-19(20-5-2)21-12-11-17(26-6-3)16-9-7-8-10-16/h15-17H,4-14H2,1-3H3,(H2,20,21,22). The van der Waals surface area contributed by atoms with Crippen molar-refractivity contribution in [3.8, 4) is 0 Å². The SMILES string of the molecule is CCNC(=NCCC(OCC)C1CCCC1)NCCn1cnnc1CC. The molecule has 0 saturated heterocycles. The zero-order chi connectivity index (χ0) is 18.6. The molecule has 0 aromatic carbocycles. The van der Waals surface area contributed by atoms with Crippen molar-refractivity contribution in [2.24, 2.45) is 10.9 Å². The van der Waals surface area contributed by atoms with Crippen molar-refractivity contribution in [1.82, 2.24) is 25.4 Å². The molecule has 1 aliphatic rings. The van der Waals surface area contributed by atoms with Crippen molar-refractivity contribution in [2.75, 3.05) is 26.2 Å². The quantitative estimate of drug-likeness (QED) is 0.466. The van der Waals surface area contributed by atoms with Gasteiger partial charge in [-0.3, -0.25) is 4.99 Å². The zero-order valence-corrected chi connectivity index (χ0v) is 16.7. The molecule has 0 amide bonds. The number of hydrogen-bond donors (Lipinski definition) is 2. The molecule has 1 atom stereocenters. The van der Waals surface area contributed by atoms with Crippen LogP contribution in [0.2, 0.25) is 0 Å². The van der Waals surface area contributed by atoms with Gasteiger partial charge in [0.2, 0.25) is 0 Å². The smallest absolute Gasteiger partial charge is 0.191 e. The number of hydrogen-bond acceptors (Lipinski definition) is 4. The minimum absolute atomic E-state index is 0.360. The Kier molecular flexibility index (Phi) is 9.45. The fourth-order valence-corrected chi connectivity index (χ4v) is 3.68.